The van der Waals surface area contributed by atoms with Crippen molar-refractivity contribution in [1.29, 1.82) is 0 Å². The summed E-state index contributed by atoms with van der Waals surface area (Å²) in [7, 11) is 0. The fraction of sp³-hybridized carbons (Fsp3) is 0.867. The quantitative estimate of drug-likeness (QED) is 0.451. The van der Waals surface area contributed by atoms with Crippen LogP contribution in [0.25, 0.3) is 0 Å². The molecule has 5 aliphatic carbocycles. The predicted octanol–water partition coefficient (Wildman–Crippen LogP) is 6.03. The number of hydrogen-bond donors (Lipinski definition) is 3. The molecule has 0 unspecified atom stereocenters. The van der Waals surface area contributed by atoms with Gasteiger partial charge in [-0.15, -0.1) is 0 Å². The van der Waals surface area contributed by atoms with E-state index in [2.05, 4.69) is 60.6 Å². The van der Waals surface area contributed by atoms with Crippen LogP contribution in [0.2, 0.25) is 0 Å². The summed E-state index contributed by atoms with van der Waals surface area (Å²) in [5.41, 5.74) is 3.27. The third-order valence-corrected chi connectivity index (χ3v) is 12.8. The summed E-state index contributed by atoms with van der Waals surface area (Å²) in [6.45, 7) is 16.7. The van der Waals surface area contributed by atoms with Crippen molar-refractivity contribution in [3.8, 4) is 0 Å². The van der Waals surface area contributed by atoms with E-state index in [1.807, 2.05) is 0 Å². The van der Waals surface area contributed by atoms with Gasteiger partial charge in [-0.1, -0.05) is 71.8 Å². The van der Waals surface area contributed by atoms with Crippen molar-refractivity contribution in [1.82, 2.24) is 0 Å². The Labute approximate surface area is 201 Å². The van der Waals surface area contributed by atoms with Crippen molar-refractivity contribution in [2.75, 3.05) is 6.61 Å². The second-order valence-electron chi connectivity index (χ2n) is 14.7. The summed E-state index contributed by atoms with van der Waals surface area (Å²) >= 11 is 0. The van der Waals surface area contributed by atoms with Crippen LogP contribution >= 0.6 is 0 Å². The number of allylic oxidation sites excluding steroid dienone is 4. The highest BCUT2D eigenvalue weighted by Crippen LogP contribution is 2.74. The molecule has 4 saturated carbocycles. The normalized spacial score (nSPS) is 55.3. The van der Waals surface area contributed by atoms with Gasteiger partial charge in [-0.3, -0.25) is 0 Å². The summed E-state index contributed by atoms with van der Waals surface area (Å²) in [5.74, 6) is 0.935. The van der Waals surface area contributed by atoms with Gasteiger partial charge in [-0.25, -0.2) is 0 Å². The van der Waals surface area contributed by atoms with Gasteiger partial charge in [0.05, 0.1) is 18.8 Å². The summed E-state index contributed by atoms with van der Waals surface area (Å²) in [4.78, 5) is 0. The zero-order valence-corrected chi connectivity index (χ0v) is 22.2. The fourth-order valence-corrected chi connectivity index (χ4v) is 9.94. The van der Waals surface area contributed by atoms with E-state index in [0.717, 1.165) is 32.1 Å². The molecule has 3 nitrogen and oxygen atoms in total. The number of aliphatic hydroxyl groups excluding tert-OH is 3. The topological polar surface area (TPSA) is 60.7 Å². The minimum Gasteiger partial charge on any atom is -0.396 e. The molecule has 186 valence electrons. The molecule has 0 aromatic heterocycles. The van der Waals surface area contributed by atoms with Gasteiger partial charge in [0.25, 0.3) is 0 Å². The molecule has 0 heterocycles. The highest BCUT2D eigenvalue weighted by Gasteiger charge is 2.66. The molecule has 0 aliphatic heterocycles. The third-order valence-electron chi connectivity index (χ3n) is 12.8. The Morgan fingerprint density at radius 1 is 0.788 bits per heavy atom. The smallest absolute Gasteiger partial charge is 0.0621 e. The second kappa shape index (κ2) is 6.98. The lowest BCUT2D eigenvalue weighted by atomic mass is 9.36. The van der Waals surface area contributed by atoms with E-state index in [9.17, 15) is 15.3 Å². The zero-order chi connectivity index (χ0) is 24.2. The highest BCUT2D eigenvalue weighted by molar-refractivity contribution is 5.45. The molecule has 9 atom stereocenters. The molecule has 5 rings (SSSR count). The molecule has 4 fully saturated rings. The van der Waals surface area contributed by atoms with E-state index >= 15 is 0 Å². The van der Waals surface area contributed by atoms with Gasteiger partial charge in [0.2, 0.25) is 0 Å². The van der Waals surface area contributed by atoms with Crippen LogP contribution in [0.15, 0.2) is 23.3 Å². The second-order valence-corrected chi connectivity index (χ2v) is 14.7. The lowest BCUT2D eigenvalue weighted by Crippen LogP contribution is -2.61. The number of rotatable bonds is 1. The largest absolute Gasteiger partial charge is 0.396 e. The Morgan fingerprint density at radius 2 is 1.48 bits per heavy atom. The van der Waals surface area contributed by atoms with Crippen LogP contribution in [-0.2, 0) is 0 Å². The van der Waals surface area contributed by atoms with E-state index < -0.39 is 11.5 Å². The average molecular weight is 457 g/mol. The predicted molar refractivity (Wildman–Crippen MR) is 133 cm³/mol. The van der Waals surface area contributed by atoms with Crippen LogP contribution in [0.5, 0.6) is 0 Å². The summed E-state index contributed by atoms with van der Waals surface area (Å²) in [5, 5.41) is 32.0. The van der Waals surface area contributed by atoms with Crippen molar-refractivity contribution >= 4 is 0 Å². The average Bonchev–Trinajstić information content (AvgIpc) is 2.73. The zero-order valence-electron chi connectivity index (χ0n) is 22.2. The van der Waals surface area contributed by atoms with Crippen LogP contribution in [-0.4, -0.2) is 34.1 Å². The molecule has 0 aromatic carbocycles. The number of aliphatic hydroxyl groups is 3. The molecular weight excluding hydrogens is 408 g/mol. The molecule has 0 saturated heterocycles. The van der Waals surface area contributed by atoms with Crippen molar-refractivity contribution in [2.24, 2.45) is 44.3 Å². The van der Waals surface area contributed by atoms with Crippen LogP contribution < -0.4 is 0 Å². The maximum absolute atomic E-state index is 11.0. The third kappa shape index (κ3) is 2.85. The van der Waals surface area contributed by atoms with Gasteiger partial charge < -0.3 is 15.3 Å². The minimum absolute atomic E-state index is 0.0480. The van der Waals surface area contributed by atoms with Crippen molar-refractivity contribution in [3.63, 3.8) is 0 Å². The van der Waals surface area contributed by atoms with Crippen LogP contribution in [0.3, 0.4) is 0 Å². The van der Waals surface area contributed by atoms with Crippen LogP contribution in [0.1, 0.15) is 99.8 Å². The molecule has 3 N–H and O–H groups in total. The molecule has 0 radical (unpaired) electrons. The maximum atomic E-state index is 11.0. The molecule has 5 aliphatic rings. The van der Waals surface area contributed by atoms with Crippen LogP contribution in [0, 0.1) is 44.3 Å². The Bertz CT molecular complexity index is 902. The Balaban J connectivity index is 1.62. The van der Waals surface area contributed by atoms with Gasteiger partial charge in [-0.05, 0) is 90.3 Å². The van der Waals surface area contributed by atoms with Gasteiger partial charge in [-0.2, -0.15) is 0 Å². The standard InChI is InChI=1S/C30H48O3/c1-25(2)21-10-13-30(7)22(28(21,5)12-11-23(25)32)9-8-19-20-16-27(4,18-31)24(33)17-26(20,3)14-15-29(19,30)6/h8-9,20-21,23-24,31-33H,10-18H2,1-7H3/t20-,21-,23+,24-,26+,27-,28+,29-,30-/m1/s1. The lowest BCUT2D eigenvalue weighted by Gasteiger charge is -2.69. The van der Waals surface area contributed by atoms with E-state index in [0.29, 0.717) is 11.8 Å². The van der Waals surface area contributed by atoms with Gasteiger partial charge >= 0.3 is 0 Å². The van der Waals surface area contributed by atoms with Crippen molar-refractivity contribution < 1.29 is 15.3 Å². The first kappa shape index (κ1) is 24.1. The Morgan fingerprint density at radius 3 is 2.15 bits per heavy atom. The van der Waals surface area contributed by atoms with Gasteiger partial charge in [0.15, 0.2) is 0 Å². The SMILES string of the molecule is CC1(C)[C@H]2CC[C@]3(C)C(=CC=C4[C@H]5C[C@](C)(CO)[C@H](O)C[C@]5(C)CC[C@]43C)[C@@]2(C)CC[C@@H]1O. The maximum Gasteiger partial charge on any atom is 0.0621 e. The molecule has 0 bridgehead atoms. The first-order chi connectivity index (χ1) is 15.2. The Kier molecular flexibility index (Phi) is 5.09. The first-order valence-electron chi connectivity index (χ1n) is 13.6. The summed E-state index contributed by atoms with van der Waals surface area (Å²) < 4.78 is 0. The molecule has 0 aromatic rings. The lowest BCUT2D eigenvalue weighted by molar-refractivity contribution is -0.138. The molecule has 33 heavy (non-hydrogen) atoms. The van der Waals surface area contributed by atoms with E-state index in [-0.39, 0.29) is 39.8 Å². The molecular formula is C30H48O3. The Hall–Kier alpha value is -0.640. The van der Waals surface area contributed by atoms with Gasteiger partial charge in [0, 0.05) is 5.41 Å². The van der Waals surface area contributed by atoms with E-state index in [1.54, 1.807) is 11.1 Å². The van der Waals surface area contributed by atoms with Crippen LogP contribution in [0.4, 0.5) is 0 Å². The highest BCUT2D eigenvalue weighted by atomic mass is 16.3. The fourth-order valence-electron chi connectivity index (χ4n) is 9.94. The minimum atomic E-state index is -0.427. The summed E-state index contributed by atoms with van der Waals surface area (Å²) in [6.07, 6.45) is 12.7. The van der Waals surface area contributed by atoms with Crippen molar-refractivity contribution in [3.05, 3.63) is 23.3 Å². The van der Waals surface area contributed by atoms with E-state index in [4.69, 9.17) is 0 Å². The summed E-state index contributed by atoms with van der Waals surface area (Å²) in [6, 6.07) is 0. The van der Waals surface area contributed by atoms with E-state index in [1.165, 1.54) is 19.3 Å². The first-order valence-corrected chi connectivity index (χ1v) is 13.6. The molecule has 0 spiro atoms. The molecule has 3 heteroatoms. The van der Waals surface area contributed by atoms with Gasteiger partial charge in [0.1, 0.15) is 0 Å². The number of hydrogen-bond acceptors (Lipinski definition) is 3. The van der Waals surface area contributed by atoms with Crippen molar-refractivity contribution in [2.45, 2.75) is 112 Å². The molecule has 0 amide bonds. The number of fused-ring (bicyclic) bond motifs is 7. The monoisotopic (exact) mass is 456 g/mol.